The Morgan fingerprint density at radius 2 is 1.50 bits per heavy atom. The zero-order valence-corrected chi connectivity index (χ0v) is 29.3. The summed E-state index contributed by atoms with van der Waals surface area (Å²) in [5.74, 6) is 0.0675. The van der Waals surface area contributed by atoms with Crippen LogP contribution in [0.15, 0.2) is 78.9 Å². The van der Waals surface area contributed by atoms with Crippen molar-refractivity contribution < 1.29 is 9.59 Å². The fraction of sp³-hybridized carbons (Fsp3) is 0.459. The van der Waals surface area contributed by atoms with E-state index in [4.69, 9.17) is 23.2 Å². The molecule has 248 valence electrons. The highest BCUT2D eigenvalue weighted by Gasteiger charge is 2.41. The first kappa shape index (κ1) is 36.1. The molecule has 0 spiro atoms. The molecule has 0 aromatic heterocycles. The second kappa shape index (κ2) is 16.4. The Morgan fingerprint density at radius 3 is 2.15 bits per heavy atom. The Bertz CT molecular complexity index is 1430. The lowest BCUT2D eigenvalue weighted by Gasteiger charge is -2.45. The van der Waals surface area contributed by atoms with E-state index in [0.717, 1.165) is 70.3 Å². The fourth-order valence-electron chi connectivity index (χ4n) is 7.38. The van der Waals surface area contributed by atoms with Crippen molar-refractivity contribution in [3.8, 4) is 0 Å². The first-order valence-corrected chi connectivity index (χ1v) is 17.2. The number of carbonyl (C=O) groups is 2. The molecule has 1 N–H and O–H groups in total. The minimum atomic E-state index is -0.380. The molecule has 0 aliphatic carbocycles. The average Bonchev–Trinajstić information content (AvgIpc) is 3.08. The molecule has 2 aliphatic heterocycles. The first-order valence-electron chi connectivity index (χ1n) is 16.4. The third-order valence-electron chi connectivity index (χ3n) is 9.97. The van der Waals surface area contributed by atoms with Crippen molar-refractivity contribution >= 4 is 47.5 Å². The Balaban J connectivity index is 0.00000480. The maximum absolute atomic E-state index is 13.6. The number of nitrogens with one attached hydrogen (secondary N) is 1. The molecule has 0 bridgehead atoms. The second-order valence-electron chi connectivity index (χ2n) is 12.6. The highest BCUT2D eigenvalue weighted by Crippen LogP contribution is 2.44. The van der Waals surface area contributed by atoms with E-state index in [1.54, 1.807) is 0 Å². The van der Waals surface area contributed by atoms with Crippen molar-refractivity contribution in [1.29, 1.82) is 0 Å². The van der Waals surface area contributed by atoms with Gasteiger partial charge < -0.3 is 20.0 Å². The average molecular weight is 686 g/mol. The summed E-state index contributed by atoms with van der Waals surface area (Å²) in [6, 6.07) is 25.9. The van der Waals surface area contributed by atoms with Crippen molar-refractivity contribution in [2.45, 2.75) is 63.3 Å². The molecule has 2 aliphatic rings. The van der Waals surface area contributed by atoms with Crippen LogP contribution in [0.25, 0.3) is 0 Å². The first-order chi connectivity index (χ1) is 21.8. The van der Waals surface area contributed by atoms with E-state index in [1.807, 2.05) is 72.2 Å². The molecule has 3 aromatic rings. The molecule has 2 fully saturated rings. The Kier molecular flexibility index (Phi) is 12.8. The summed E-state index contributed by atoms with van der Waals surface area (Å²) in [5, 5.41) is 4.60. The van der Waals surface area contributed by atoms with E-state index in [9.17, 15) is 9.59 Å². The van der Waals surface area contributed by atoms with Gasteiger partial charge in [-0.2, -0.15) is 0 Å². The van der Waals surface area contributed by atoms with Crippen molar-refractivity contribution in [2.75, 3.05) is 45.8 Å². The van der Waals surface area contributed by atoms with Gasteiger partial charge in [-0.25, -0.2) is 4.79 Å². The summed E-state index contributed by atoms with van der Waals surface area (Å²) in [5.41, 5.74) is 2.28. The number of nitrogens with zero attached hydrogens (tertiary/aromatic N) is 3. The predicted octanol–water partition coefficient (Wildman–Crippen LogP) is 8.41. The number of urea groups is 1. The molecule has 1 atom stereocenters. The normalized spacial score (nSPS) is 19.6. The minimum absolute atomic E-state index is 0. The van der Waals surface area contributed by atoms with Crippen LogP contribution in [0.4, 0.5) is 4.79 Å². The van der Waals surface area contributed by atoms with Gasteiger partial charge in [0.25, 0.3) is 5.91 Å². The van der Waals surface area contributed by atoms with Gasteiger partial charge in [-0.15, -0.1) is 12.4 Å². The number of amides is 3. The number of halogens is 3. The lowest BCUT2D eigenvalue weighted by molar-refractivity contribution is 0.0616. The predicted molar refractivity (Wildman–Crippen MR) is 191 cm³/mol. The van der Waals surface area contributed by atoms with Crippen LogP contribution >= 0.6 is 35.6 Å². The van der Waals surface area contributed by atoms with Gasteiger partial charge in [0.1, 0.15) is 0 Å². The minimum Gasteiger partial charge on any atom is -0.338 e. The maximum atomic E-state index is 13.6. The van der Waals surface area contributed by atoms with Gasteiger partial charge in [0.05, 0.1) is 15.6 Å². The fourth-order valence-corrected chi connectivity index (χ4v) is 7.88. The van der Waals surface area contributed by atoms with Crippen molar-refractivity contribution in [3.63, 3.8) is 0 Å². The zero-order valence-electron chi connectivity index (χ0n) is 27.0. The number of carbonyl (C=O) groups excluding carboxylic acids is 2. The van der Waals surface area contributed by atoms with Crippen LogP contribution in [0.3, 0.4) is 0 Å². The zero-order chi connectivity index (χ0) is 31.9. The quantitative estimate of drug-likeness (QED) is 0.233. The van der Waals surface area contributed by atoms with E-state index in [1.165, 1.54) is 5.56 Å². The van der Waals surface area contributed by atoms with Crippen LogP contribution in [-0.4, -0.2) is 72.5 Å². The highest BCUT2D eigenvalue weighted by molar-refractivity contribution is 6.42. The van der Waals surface area contributed by atoms with E-state index >= 15 is 0 Å². The number of hydrogen-bond acceptors (Lipinski definition) is 3. The maximum Gasteiger partial charge on any atom is 0.318 e. The van der Waals surface area contributed by atoms with Crippen molar-refractivity contribution in [1.82, 2.24) is 20.0 Å². The van der Waals surface area contributed by atoms with Gasteiger partial charge in [0.2, 0.25) is 0 Å². The van der Waals surface area contributed by atoms with E-state index < -0.39 is 0 Å². The third-order valence-corrected chi connectivity index (χ3v) is 10.8. The van der Waals surface area contributed by atoms with Crippen molar-refractivity contribution in [2.24, 2.45) is 0 Å². The Labute approximate surface area is 290 Å². The molecule has 3 amide bonds. The summed E-state index contributed by atoms with van der Waals surface area (Å²) in [6.45, 7) is 9.52. The Morgan fingerprint density at radius 1 is 0.848 bits per heavy atom. The Hall–Kier alpha value is -2.77. The molecule has 6 nitrogen and oxygen atoms in total. The lowest BCUT2D eigenvalue weighted by Crippen LogP contribution is -2.56. The molecule has 46 heavy (non-hydrogen) atoms. The highest BCUT2D eigenvalue weighted by atomic mass is 35.5. The molecule has 9 heteroatoms. The summed E-state index contributed by atoms with van der Waals surface area (Å²) >= 11 is 13.4. The third kappa shape index (κ3) is 8.02. The van der Waals surface area contributed by atoms with Gasteiger partial charge in [-0.05, 0) is 88.2 Å². The number of benzene rings is 3. The van der Waals surface area contributed by atoms with Gasteiger partial charge in [-0.3, -0.25) is 4.79 Å². The van der Waals surface area contributed by atoms with Crippen LogP contribution in [-0.2, 0) is 11.0 Å². The van der Waals surface area contributed by atoms with Crippen LogP contribution in [0, 0.1) is 0 Å². The summed E-state index contributed by atoms with van der Waals surface area (Å²) in [6.07, 6.45) is 5.46. The summed E-state index contributed by atoms with van der Waals surface area (Å²) < 4.78 is 0. The SMILES string of the molecule is CCN(CC)C(=O)NC1(c2ccccc2)CCN(CCCC2(c3cccc(Cl)c3Cl)CCCN(C(=O)c3ccccc3)C2)CC1.Cl. The molecular formula is C37H47Cl3N4O2. The van der Waals surface area contributed by atoms with Crippen LogP contribution in [0.5, 0.6) is 0 Å². The monoisotopic (exact) mass is 684 g/mol. The summed E-state index contributed by atoms with van der Waals surface area (Å²) in [7, 11) is 0. The number of piperidine rings is 2. The summed E-state index contributed by atoms with van der Waals surface area (Å²) in [4.78, 5) is 33.2. The largest absolute Gasteiger partial charge is 0.338 e. The number of hydrogen-bond donors (Lipinski definition) is 1. The topological polar surface area (TPSA) is 55.9 Å². The lowest BCUT2D eigenvalue weighted by atomic mass is 9.70. The van der Waals surface area contributed by atoms with Crippen LogP contribution in [0.2, 0.25) is 10.0 Å². The van der Waals surface area contributed by atoms with Gasteiger partial charge in [-0.1, -0.05) is 83.9 Å². The molecule has 0 radical (unpaired) electrons. The smallest absolute Gasteiger partial charge is 0.318 e. The standard InChI is InChI=1S/C37H46Cl2N4O2.ClH/c1-3-42(4-2)35(45)40-37(30-16-9-6-10-17-30)22-26-41(27-23-37)24-12-20-36(31-18-11-19-32(38)33(31)39)21-13-25-43(28-36)34(44)29-14-7-5-8-15-29;/h5-11,14-19H,3-4,12-13,20-28H2,1-2H3,(H,40,45);1H. The number of rotatable bonds is 10. The molecule has 1 unspecified atom stereocenters. The molecule has 2 saturated heterocycles. The van der Waals surface area contributed by atoms with E-state index in [0.29, 0.717) is 35.2 Å². The van der Waals surface area contributed by atoms with Gasteiger partial charge >= 0.3 is 6.03 Å². The molecule has 3 aromatic carbocycles. The van der Waals surface area contributed by atoms with Crippen LogP contribution < -0.4 is 5.32 Å². The van der Waals surface area contributed by atoms with Gasteiger partial charge in [0, 0.05) is 50.2 Å². The molecule has 2 heterocycles. The molecule has 5 rings (SSSR count). The number of likely N-dealkylation sites (tertiary alicyclic amines) is 2. The van der Waals surface area contributed by atoms with Gasteiger partial charge in [0.15, 0.2) is 0 Å². The van der Waals surface area contributed by atoms with E-state index in [2.05, 4.69) is 40.5 Å². The van der Waals surface area contributed by atoms with Crippen molar-refractivity contribution in [3.05, 3.63) is 106 Å². The van der Waals surface area contributed by atoms with E-state index in [-0.39, 0.29) is 35.3 Å². The molecule has 0 saturated carbocycles. The molecular weight excluding hydrogens is 639 g/mol. The van der Waals surface area contributed by atoms with Crippen LogP contribution in [0.1, 0.15) is 73.9 Å². The second-order valence-corrected chi connectivity index (χ2v) is 13.4.